The van der Waals surface area contributed by atoms with Gasteiger partial charge in [-0.1, -0.05) is 41.1 Å². The summed E-state index contributed by atoms with van der Waals surface area (Å²) in [5, 5.41) is 0.479. The molecular formula is C31H23ClF4N2O5S. The van der Waals surface area contributed by atoms with Crippen molar-refractivity contribution < 1.29 is 36.6 Å². The molecule has 0 saturated heterocycles. The van der Waals surface area contributed by atoms with Gasteiger partial charge in [0.15, 0.2) is 22.2 Å². The second-order valence-electron chi connectivity index (χ2n) is 9.51. The minimum absolute atomic E-state index is 0.0866. The maximum Gasteiger partial charge on any atom is 0.338 e. The van der Waals surface area contributed by atoms with E-state index in [0.717, 1.165) is 11.3 Å². The monoisotopic (exact) mass is 646 g/mol. The molecule has 0 saturated carbocycles. The van der Waals surface area contributed by atoms with Gasteiger partial charge in [-0.2, -0.15) is 8.78 Å². The molecule has 44 heavy (non-hydrogen) atoms. The fraction of sp³-hybridized carbons (Fsp3) is 0.194. The van der Waals surface area contributed by atoms with E-state index >= 15 is 0 Å². The number of carbonyl (C=O) groups is 1. The van der Waals surface area contributed by atoms with Crippen LogP contribution in [0.4, 0.5) is 17.6 Å². The zero-order valence-electron chi connectivity index (χ0n) is 23.4. The van der Waals surface area contributed by atoms with E-state index in [-0.39, 0.29) is 34.1 Å². The van der Waals surface area contributed by atoms with Crippen LogP contribution in [0.25, 0.3) is 6.08 Å². The molecule has 0 amide bonds. The van der Waals surface area contributed by atoms with E-state index in [0.29, 0.717) is 26.6 Å². The second-order valence-corrected chi connectivity index (χ2v) is 11.0. The lowest BCUT2D eigenvalue weighted by atomic mass is 9.96. The van der Waals surface area contributed by atoms with Crippen molar-refractivity contribution in [2.75, 3.05) is 13.7 Å². The molecule has 7 nitrogen and oxygen atoms in total. The Morgan fingerprint density at radius 1 is 1.07 bits per heavy atom. The zero-order valence-corrected chi connectivity index (χ0v) is 25.0. The van der Waals surface area contributed by atoms with E-state index in [1.807, 2.05) is 0 Å². The first kappa shape index (κ1) is 31.0. The van der Waals surface area contributed by atoms with Gasteiger partial charge in [-0.15, -0.1) is 0 Å². The molecule has 13 heteroatoms. The van der Waals surface area contributed by atoms with Gasteiger partial charge >= 0.3 is 5.97 Å². The van der Waals surface area contributed by atoms with Gasteiger partial charge in [0.25, 0.3) is 5.56 Å². The summed E-state index contributed by atoms with van der Waals surface area (Å²) in [5.41, 5.74) is 1.55. The summed E-state index contributed by atoms with van der Waals surface area (Å²) in [4.78, 5) is 31.7. The number of allylic oxidation sites excluding steroid dienone is 1. The number of carbonyl (C=O) groups excluding carboxylic acids is 1. The summed E-state index contributed by atoms with van der Waals surface area (Å²) < 4.78 is 73.0. The van der Waals surface area contributed by atoms with E-state index < -0.39 is 53.2 Å². The number of methoxy groups -OCH3 is 1. The molecular weight excluding hydrogens is 624 g/mol. The van der Waals surface area contributed by atoms with E-state index in [1.54, 1.807) is 56.3 Å². The Morgan fingerprint density at radius 2 is 1.75 bits per heavy atom. The summed E-state index contributed by atoms with van der Waals surface area (Å²) in [6.07, 6.45) is 1.57. The van der Waals surface area contributed by atoms with Crippen LogP contribution in [0.1, 0.15) is 36.6 Å². The van der Waals surface area contributed by atoms with Crippen LogP contribution in [-0.4, -0.2) is 24.3 Å². The first-order chi connectivity index (χ1) is 21.0. The first-order valence-electron chi connectivity index (χ1n) is 13.1. The highest BCUT2D eigenvalue weighted by atomic mass is 35.5. The largest absolute Gasteiger partial charge is 0.496 e. The Hall–Kier alpha value is -4.42. The SMILES string of the molecule is CCOC(=O)C1=C(C)N=c2s/c(=C\c3ccc(OC)c(COc4c(F)c(F)cc(F)c4F)c3)c(=O)n2C1c1ccc(Cl)cc1. The number of rotatable bonds is 8. The van der Waals surface area contributed by atoms with E-state index in [1.165, 1.54) is 17.7 Å². The predicted molar refractivity (Wildman–Crippen MR) is 155 cm³/mol. The molecule has 228 valence electrons. The van der Waals surface area contributed by atoms with Crippen molar-refractivity contribution in [1.82, 2.24) is 4.57 Å². The molecule has 0 aliphatic carbocycles. The Bertz CT molecular complexity index is 1960. The fourth-order valence-corrected chi connectivity index (χ4v) is 5.90. The summed E-state index contributed by atoms with van der Waals surface area (Å²) >= 11 is 7.19. The van der Waals surface area contributed by atoms with Gasteiger partial charge in [-0.25, -0.2) is 18.6 Å². The second kappa shape index (κ2) is 12.7. The average Bonchev–Trinajstić information content (AvgIpc) is 3.29. The third kappa shape index (κ3) is 5.87. The molecule has 0 radical (unpaired) electrons. The molecule has 1 unspecified atom stereocenters. The van der Waals surface area contributed by atoms with E-state index in [2.05, 4.69) is 4.99 Å². The molecule has 3 aromatic carbocycles. The number of esters is 1. The standard InChI is InChI=1S/C31H23ClF4N2O5S/c1-4-42-30(40)24-15(2)37-31-38(27(24)17-6-8-19(32)9-7-17)29(39)23(44-31)12-16-5-10-22(41-3)18(11-16)14-43-28-25(35)20(33)13-21(34)26(28)36/h5-13,27H,4,14H2,1-3H3/b23-12-. The molecule has 0 bridgehead atoms. The predicted octanol–water partition coefficient (Wildman–Crippen LogP) is 5.60. The Morgan fingerprint density at radius 3 is 2.39 bits per heavy atom. The number of nitrogens with zero attached hydrogens (tertiary/aromatic N) is 2. The highest BCUT2D eigenvalue weighted by Gasteiger charge is 2.33. The maximum absolute atomic E-state index is 14.1. The fourth-order valence-electron chi connectivity index (χ4n) is 4.73. The molecule has 1 aliphatic rings. The van der Waals surface area contributed by atoms with Gasteiger partial charge in [0.1, 0.15) is 12.4 Å². The summed E-state index contributed by atoms with van der Waals surface area (Å²) in [7, 11) is 1.36. The summed E-state index contributed by atoms with van der Waals surface area (Å²) in [5.74, 6) is -8.10. The first-order valence-corrected chi connectivity index (χ1v) is 14.3. The minimum Gasteiger partial charge on any atom is -0.496 e. The van der Waals surface area contributed by atoms with E-state index in [4.69, 9.17) is 25.8 Å². The molecule has 1 atom stereocenters. The van der Waals surface area contributed by atoms with Crippen LogP contribution < -0.4 is 24.4 Å². The Labute approximate surface area is 256 Å². The van der Waals surface area contributed by atoms with Gasteiger partial charge in [-0.3, -0.25) is 9.36 Å². The van der Waals surface area contributed by atoms with Crippen LogP contribution in [0.15, 0.2) is 69.6 Å². The molecule has 0 spiro atoms. The summed E-state index contributed by atoms with van der Waals surface area (Å²) in [6, 6.07) is 10.7. The number of halogens is 5. The van der Waals surface area contributed by atoms with Gasteiger partial charge in [0, 0.05) is 16.7 Å². The smallest absolute Gasteiger partial charge is 0.338 e. The van der Waals surface area contributed by atoms with Crippen LogP contribution in [0, 0.1) is 23.3 Å². The van der Waals surface area contributed by atoms with Gasteiger partial charge < -0.3 is 14.2 Å². The number of aromatic nitrogens is 1. The highest BCUT2D eigenvalue weighted by Crippen LogP contribution is 2.32. The van der Waals surface area contributed by atoms with Gasteiger partial charge in [0.2, 0.25) is 11.6 Å². The lowest BCUT2D eigenvalue weighted by molar-refractivity contribution is -0.139. The third-order valence-corrected chi connectivity index (χ3v) is 7.98. The molecule has 1 aromatic heterocycles. The van der Waals surface area contributed by atoms with E-state index in [9.17, 15) is 27.2 Å². The molecule has 4 aromatic rings. The highest BCUT2D eigenvalue weighted by molar-refractivity contribution is 7.07. The summed E-state index contributed by atoms with van der Waals surface area (Å²) in [6.45, 7) is 2.96. The van der Waals surface area contributed by atoms with Crippen LogP contribution in [0.5, 0.6) is 11.5 Å². The lowest BCUT2D eigenvalue weighted by Crippen LogP contribution is -2.39. The molecule has 5 rings (SSSR count). The lowest BCUT2D eigenvalue weighted by Gasteiger charge is -2.24. The van der Waals surface area contributed by atoms with Crippen molar-refractivity contribution >= 4 is 35.0 Å². The van der Waals surface area contributed by atoms with Crippen molar-refractivity contribution in [3.8, 4) is 11.5 Å². The quantitative estimate of drug-likeness (QED) is 0.142. The van der Waals surface area contributed by atoms with Crippen molar-refractivity contribution in [2.45, 2.75) is 26.5 Å². The normalized spacial score (nSPS) is 14.7. The topological polar surface area (TPSA) is 79.1 Å². The van der Waals surface area contributed by atoms with Crippen LogP contribution in [0.3, 0.4) is 0 Å². The molecule has 0 N–H and O–H groups in total. The third-order valence-electron chi connectivity index (χ3n) is 6.75. The number of ether oxygens (including phenoxy) is 3. The maximum atomic E-state index is 14.1. The van der Waals surface area contributed by atoms with Crippen molar-refractivity contribution in [3.05, 3.63) is 124 Å². The van der Waals surface area contributed by atoms with Gasteiger partial charge in [-0.05, 0) is 55.3 Å². The Balaban J connectivity index is 1.58. The van der Waals surface area contributed by atoms with Crippen molar-refractivity contribution in [3.63, 3.8) is 0 Å². The number of hydrogen-bond donors (Lipinski definition) is 0. The number of hydrogen-bond acceptors (Lipinski definition) is 7. The molecule has 2 heterocycles. The average molecular weight is 647 g/mol. The van der Waals surface area contributed by atoms with Gasteiger partial charge in [0.05, 0.1) is 35.6 Å². The van der Waals surface area contributed by atoms with Crippen LogP contribution in [0.2, 0.25) is 5.02 Å². The van der Waals surface area contributed by atoms with Crippen molar-refractivity contribution in [1.29, 1.82) is 0 Å². The molecule has 0 fully saturated rings. The van der Waals surface area contributed by atoms with Crippen LogP contribution in [-0.2, 0) is 16.1 Å². The number of benzene rings is 3. The minimum atomic E-state index is -1.67. The number of thiazole rings is 1. The molecule has 1 aliphatic heterocycles. The zero-order chi connectivity index (χ0) is 31.7. The Kier molecular flexibility index (Phi) is 8.93. The van der Waals surface area contributed by atoms with Crippen LogP contribution >= 0.6 is 22.9 Å². The number of fused-ring (bicyclic) bond motifs is 1. The van der Waals surface area contributed by atoms with Crippen molar-refractivity contribution in [2.24, 2.45) is 4.99 Å².